The molecule has 12 aromatic carbocycles. The van der Waals surface area contributed by atoms with Crippen molar-refractivity contribution >= 4 is 106 Å². The SMILES string of the molecule is C[Si](C)(c1ccc2c(c1)c1ccc3c(c1n2-c1ccccc1)Cc1ccc(-n2c4ccccc4c4ccccc42)cc1-3)c1ccc2c(c1)c1ccc3c(c1n2-c1ccccc1)Cc1ccc(-n2c4ccccc4c4ccccc42)cc1-3. The van der Waals surface area contributed by atoms with E-state index in [-0.39, 0.29) is 0 Å². The summed E-state index contributed by atoms with van der Waals surface area (Å²) in [5.74, 6) is 0. The van der Waals surface area contributed by atoms with Gasteiger partial charge in [-0.25, -0.2) is 0 Å². The molecule has 18 rings (SSSR count). The molecule has 4 aromatic heterocycles. The van der Waals surface area contributed by atoms with Crippen LogP contribution in [-0.4, -0.2) is 26.3 Å². The van der Waals surface area contributed by atoms with Crippen molar-refractivity contribution in [3.8, 4) is 45.0 Å². The molecule has 16 aromatic rings. The molecule has 0 bridgehead atoms. The minimum atomic E-state index is -2.32. The molecule has 2 aliphatic rings. The van der Waals surface area contributed by atoms with Crippen LogP contribution in [0.1, 0.15) is 22.3 Å². The zero-order valence-corrected chi connectivity index (χ0v) is 46.0. The molecule has 81 heavy (non-hydrogen) atoms. The lowest BCUT2D eigenvalue weighted by Crippen LogP contribution is -2.52. The second kappa shape index (κ2) is 16.6. The quantitative estimate of drug-likeness (QED) is 0.148. The largest absolute Gasteiger partial charge is 0.309 e. The van der Waals surface area contributed by atoms with Gasteiger partial charge < -0.3 is 18.3 Å². The van der Waals surface area contributed by atoms with Crippen molar-refractivity contribution in [1.29, 1.82) is 0 Å². The van der Waals surface area contributed by atoms with Crippen LogP contribution in [-0.2, 0) is 12.8 Å². The highest BCUT2D eigenvalue weighted by Gasteiger charge is 2.32. The fourth-order valence-electron chi connectivity index (χ4n) is 14.8. The molecule has 4 heterocycles. The summed E-state index contributed by atoms with van der Waals surface area (Å²) >= 11 is 0. The number of rotatable bonds is 6. The molecule has 0 spiro atoms. The van der Waals surface area contributed by atoms with E-state index >= 15 is 0 Å². The number of nitrogens with zero attached hydrogens (tertiary/aromatic N) is 4. The second-order valence-electron chi connectivity index (χ2n) is 23.2. The van der Waals surface area contributed by atoms with Crippen molar-refractivity contribution < 1.29 is 0 Å². The van der Waals surface area contributed by atoms with Crippen molar-refractivity contribution in [2.45, 2.75) is 25.9 Å². The Labute approximate surface area is 469 Å². The number of benzene rings is 12. The normalized spacial score (nSPS) is 13.0. The van der Waals surface area contributed by atoms with Crippen LogP contribution in [0.4, 0.5) is 0 Å². The van der Waals surface area contributed by atoms with E-state index in [0.29, 0.717) is 0 Å². The zero-order valence-electron chi connectivity index (χ0n) is 45.0. The summed E-state index contributed by atoms with van der Waals surface area (Å²) in [7, 11) is -2.32. The molecule has 0 aliphatic heterocycles. The minimum Gasteiger partial charge on any atom is -0.309 e. The lowest BCUT2D eigenvalue weighted by Gasteiger charge is -2.24. The molecule has 0 N–H and O–H groups in total. The molecule has 0 atom stereocenters. The summed E-state index contributed by atoms with van der Waals surface area (Å²) in [6.07, 6.45) is 1.78. The molecule has 5 heteroatoms. The third kappa shape index (κ3) is 6.24. The van der Waals surface area contributed by atoms with E-state index < -0.39 is 8.07 Å². The summed E-state index contributed by atoms with van der Waals surface area (Å²) < 4.78 is 9.99. The molecule has 0 radical (unpaired) electrons. The standard InChI is InChI=1S/C76H52N4Si/c1-81(2,53-33-39-73-65(45-53)61-37-35-55-63-43-51(77-69-25-13-9-21-57(69)58-22-10-14-26-70(58)77)31-29-47(63)41-67(55)75(61)79(73)49-17-5-3-6-18-49)54-34-40-74-66(46-54)62-38-36-56-64-44-52(78-71-27-15-11-23-59(71)60-24-12-16-28-72(60)78)32-30-48(64)42-68(56)76(62)80(74)50-19-7-4-8-20-50/h3-40,43-46H,41-42H2,1-2H3. The van der Waals surface area contributed by atoms with E-state index in [1.165, 1.54) is 165 Å². The fourth-order valence-corrected chi connectivity index (χ4v) is 17.2. The Morgan fingerprint density at radius 1 is 0.259 bits per heavy atom. The maximum atomic E-state index is 2.56. The summed E-state index contributed by atoms with van der Waals surface area (Å²) in [6, 6.07) is 96.2. The van der Waals surface area contributed by atoms with Crippen molar-refractivity contribution in [3.05, 3.63) is 277 Å². The fraction of sp³-hybridized carbons (Fsp3) is 0.0526. The Bertz CT molecular complexity index is 4940. The minimum absolute atomic E-state index is 0.890. The maximum absolute atomic E-state index is 2.56. The molecule has 380 valence electrons. The van der Waals surface area contributed by atoms with Crippen LogP contribution in [0.15, 0.2) is 255 Å². The number of fused-ring (bicyclic) bond motifs is 20. The Kier molecular flexibility index (Phi) is 9.19. The van der Waals surface area contributed by atoms with Crippen molar-refractivity contribution in [2.24, 2.45) is 0 Å². The van der Waals surface area contributed by atoms with Gasteiger partial charge in [0, 0.05) is 78.7 Å². The first-order valence-corrected chi connectivity index (χ1v) is 31.5. The van der Waals surface area contributed by atoms with Crippen LogP contribution in [0.2, 0.25) is 13.1 Å². The summed E-state index contributed by atoms with van der Waals surface area (Å²) in [5, 5.41) is 13.3. The topological polar surface area (TPSA) is 19.7 Å². The van der Waals surface area contributed by atoms with Gasteiger partial charge in [-0.05, 0) is 129 Å². The Hall–Kier alpha value is -9.94. The molecule has 0 fully saturated rings. The predicted octanol–water partition coefficient (Wildman–Crippen LogP) is 18.0. The first kappa shape index (κ1) is 45.0. The molecule has 4 nitrogen and oxygen atoms in total. The Balaban J connectivity index is 0.773. The van der Waals surface area contributed by atoms with E-state index in [1.54, 1.807) is 0 Å². The van der Waals surface area contributed by atoms with E-state index in [9.17, 15) is 0 Å². The van der Waals surface area contributed by atoms with E-state index in [0.717, 1.165) is 12.8 Å². The van der Waals surface area contributed by atoms with E-state index in [1.807, 2.05) is 0 Å². The monoisotopic (exact) mass is 1050 g/mol. The van der Waals surface area contributed by atoms with Gasteiger partial charge in [-0.2, -0.15) is 0 Å². The van der Waals surface area contributed by atoms with Crippen LogP contribution >= 0.6 is 0 Å². The summed E-state index contributed by atoms with van der Waals surface area (Å²) in [6.45, 7) is 5.10. The van der Waals surface area contributed by atoms with E-state index in [2.05, 4.69) is 286 Å². The van der Waals surface area contributed by atoms with Gasteiger partial charge in [-0.15, -0.1) is 0 Å². The average Bonchev–Trinajstić information content (AvgIpc) is 3.93. The molecular formula is C76H52N4Si. The smallest absolute Gasteiger partial charge is 0.112 e. The lowest BCUT2D eigenvalue weighted by molar-refractivity contribution is 1.15. The van der Waals surface area contributed by atoms with Gasteiger partial charge in [0.05, 0.1) is 44.1 Å². The van der Waals surface area contributed by atoms with Crippen molar-refractivity contribution in [2.75, 3.05) is 0 Å². The van der Waals surface area contributed by atoms with Crippen molar-refractivity contribution in [3.63, 3.8) is 0 Å². The van der Waals surface area contributed by atoms with Crippen LogP contribution in [0.5, 0.6) is 0 Å². The highest BCUT2D eigenvalue weighted by Crippen LogP contribution is 2.48. The zero-order chi connectivity index (χ0) is 53.2. The molecule has 0 unspecified atom stereocenters. The molecular weight excluding hydrogens is 997 g/mol. The Morgan fingerprint density at radius 2 is 0.617 bits per heavy atom. The number of aromatic nitrogens is 4. The van der Waals surface area contributed by atoms with Crippen LogP contribution in [0, 0.1) is 0 Å². The maximum Gasteiger partial charge on any atom is 0.112 e. The van der Waals surface area contributed by atoms with Crippen LogP contribution < -0.4 is 10.4 Å². The summed E-state index contributed by atoms with van der Waals surface area (Å²) in [5.41, 5.74) is 25.7. The number of hydrogen-bond donors (Lipinski definition) is 0. The molecule has 0 amide bonds. The van der Waals surface area contributed by atoms with Crippen molar-refractivity contribution in [1.82, 2.24) is 18.3 Å². The van der Waals surface area contributed by atoms with Gasteiger partial charge in [0.25, 0.3) is 0 Å². The third-order valence-electron chi connectivity index (χ3n) is 18.7. The third-order valence-corrected chi connectivity index (χ3v) is 22.2. The van der Waals surface area contributed by atoms with Gasteiger partial charge in [0.1, 0.15) is 8.07 Å². The van der Waals surface area contributed by atoms with Crippen LogP contribution in [0.3, 0.4) is 0 Å². The van der Waals surface area contributed by atoms with Gasteiger partial charge in [0.15, 0.2) is 0 Å². The first-order chi connectivity index (χ1) is 39.9. The van der Waals surface area contributed by atoms with Gasteiger partial charge in [-0.3, -0.25) is 0 Å². The molecule has 0 saturated heterocycles. The highest BCUT2D eigenvalue weighted by molar-refractivity contribution is 7.00. The van der Waals surface area contributed by atoms with Gasteiger partial charge in [-0.1, -0.05) is 193 Å². The predicted molar refractivity (Wildman–Crippen MR) is 343 cm³/mol. The summed E-state index contributed by atoms with van der Waals surface area (Å²) in [4.78, 5) is 0. The lowest BCUT2D eigenvalue weighted by atomic mass is 10.0. The Morgan fingerprint density at radius 3 is 1.01 bits per heavy atom. The van der Waals surface area contributed by atoms with Gasteiger partial charge in [0.2, 0.25) is 0 Å². The average molecular weight is 1050 g/mol. The molecule has 0 saturated carbocycles. The van der Waals surface area contributed by atoms with Gasteiger partial charge >= 0.3 is 0 Å². The van der Waals surface area contributed by atoms with E-state index in [4.69, 9.17) is 0 Å². The number of hydrogen-bond acceptors (Lipinski definition) is 0. The number of para-hydroxylation sites is 6. The highest BCUT2D eigenvalue weighted by atomic mass is 28.3. The second-order valence-corrected chi connectivity index (χ2v) is 27.6. The van der Waals surface area contributed by atoms with Crippen LogP contribution in [0.25, 0.3) is 132 Å². The first-order valence-electron chi connectivity index (χ1n) is 28.5. The molecule has 2 aliphatic carbocycles.